The van der Waals surface area contributed by atoms with Gasteiger partial charge in [-0.15, -0.1) is 0 Å². The summed E-state index contributed by atoms with van der Waals surface area (Å²) >= 11 is 0. The lowest BCUT2D eigenvalue weighted by Crippen LogP contribution is -2.19. The number of aryl methyl sites for hydroxylation is 1. The minimum absolute atomic E-state index is 0.0367. The molecular weight excluding hydrogens is 254 g/mol. The van der Waals surface area contributed by atoms with Crippen molar-refractivity contribution in [3.05, 3.63) is 47.8 Å². The van der Waals surface area contributed by atoms with Crippen LogP contribution in [0.4, 0.5) is 5.82 Å². The van der Waals surface area contributed by atoms with E-state index >= 15 is 0 Å². The molecule has 0 amide bonds. The van der Waals surface area contributed by atoms with E-state index in [9.17, 15) is 0 Å². The molecule has 20 heavy (non-hydrogen) atoms. The van der Waals surface area contributed by atoms with E-state index in [2.05, 4.69) is 29.0 Å². The predicted molar refractivity (Wildman–Crippen MR) is 77.9 cm³/mol. The molecule has 0 radical (unpaired) electrons. The minimum atomic E-state index is -0.0367. The van der Waals surface area contributed by atoms with Gasteiger partial charge in [-0.2, -0.15) is 4.98 Å². The highest BCUT2D eigenvalue weighted by Gasteiger charge is 2.07. The summed E-state index contributed by atoms with van der Waals surface area (Å²) in [6, 6.07) is 8.26. The molecule has 0 aliphatic heterocycles. The average molecular weight is 273 g/mol. The van der Waals surface area contributed by atoms with Crippen molar-refractivity contribution in [1.82, 2.24) is 9.97 Å². The van der Waals surface area contributed by atoms with Gasteiger partial charge in [0.15, 0.2) is 5.82 Å². The molecule has 0 aliphatic rings. The Morgan fingerprint density at radius 2 is 2.05 bits per heavy atom. The number of aliphatic hydroxyl groups is 1. The van der Waals surface area contributed by atoms with E-state index in [1.807, 2.05) is 24.1 Å². The SMILES string of the molecule is Cc1ccccc1CN(C)c1cncc(OCCO)n1. The second kappa shape index (κ2) is 6.86. The van der Waals surface area contributed by atoms with Crippen LogP contribution in [0.25, 0.3) is 0 Å². The molecular formula is C15H19N3O2. The largest absolute Gasteiger partial charge is 0.474 e. The lowest BCUT2D eigenvalue weighted by Gasteiger charge is -2.19. The van der Waals surface area contributed by atoms with Gasteiger partial charge in [-0.3, -0.25) is 4.98 Å². The van der Waals surface area contributed by atoms with Crippen molar-refractivity contribution in [3.8, 4) is 5.88 Å². The van der Waals surface area contributed by atoms with E-state index in [1.54, 1.807) is 12.4 Å². The van der Waals surface area contributed by atoms with Gasteiger partial charge in [-0.25, -0.2) is 0 Å². The summed E-state index contributed by atoms with van der Waals surface area (Å²) in [6.45, 7) is 3.03. The van der Waals surface area contributed by atoms with Crippen molar-refractivity contribution in [3.63, 3.8) is 0 Å². The molecule has 106 valence electrons. The fourth-order valence-electron chi connectivity index (χ4n) is 1.87. The van der Waals surface area contributed by atoms with Gasteiger partial charge < -0.3 is 14.7 Å². The highest BCUT2D eigenvalue weighted by atomic mass is 16.5. The molecule has 5 heteroatoms. The number of aromatic nitrogens is 2. The van der Waals surface area contributed by atoms with Crippen LogP contribution >= 0.6 is 0 Å². The van der Waals surface area contributed by atoms with E-state index in [4.69, 9.17) is 9.84 Å². The molecule has 1 aromatic heterocycles. The van der Waals surface area contributed by atoms with E-state index in [1.165, 1.54) is 11.1 Å². The zero-order chi connectivity index (χ0) is 14.4. The summed E-state index contributed by atoms with van der Waals surface area (Å²) in [5.74, 6) is 1.16. The maximum atomic E-state index is 8.75. The number of rotatable bonds is 6. The topological polar surface area (TPSA) is 58.5 Å². The molecule has 0 bridgehead atoms. The molecule has 1 aromatic carbocycles. The smallest absolute Gasteiger partial charge is 0.234 e. The van der Waals surface area contributed by atoms with Crippen molar-refractivity contribution in [2.24, 2.45) is 0 Å². The van der Waals surface area contributed by atoms with Gasteiger partial charge in [0.2, 0.25) is 5.88 Å². The first-order valence-electron chi connectivity index (χ1n) is 6.52. The third kappa shape index (κ3) is 3.68. The van der Waals surface area contributed by atoms with Crippen LogP contribution in [0.15, 0.2) is 36.7 Å². The molecule has 0 atom stereocenters. The fraction of sp³-hybridized carbons (Fsp3) is 0.333. The summed E-state index contributed by atoms with van der Waals surface area (Å²) in [7, 11) is 1.96. The maximum Gasteiger partial charge on any atom is 0.234 e. The fourth-order valence-corrected chi connectivity index (χ4v) is 1.87. The van der Waals surface area contributed by atoms with Gasteiger partial charge in [-0.1, -0.05) is 24.3 Å². The van der Waals surface area contributed by atoms with E-state index in [0.717, 1.165) is 12.4 Å². The Morgan fingerprint density at radius 1 is 1.25 bits per heavy atom. The van der Waals surface area contributed by atoms with Gasteiger partial charge in [0, 0.05) is 13.6 Å². The van der Waals surface area contributed by atoms with E-state index in [-0.39, 0.29) is 13.2 Å². The van der Waals surface area contributed by atoms with Crippen LogP contribution in [0.5, 0.6) is 5.88 Å². The Bertz CT molecular complexity index is 560. The van der Waals surface area contributed by atoms with Crippen LogP contribution in [-0.2, 0) is 6.54 Å². The molecule has 0 fully saturated rings. The van der Waals surface area contributed by atoms with Crippen LogP contribution in [0, 0.1) is 6.92 Å². The van der Waals surface area contributed by atoms with Crippen LogP contribution in [0.3, 0.4) is 0 Å². The Labute approximate surface area is 118 Å². The van der Waals surface area contributed by atoms with Crippen molar-refractivity contribution < 1.29 is 9.84 Å². The molecule has 0 spiro atoms. The second-order valence-corrected chi connectivity index (χ2v) is 4.57. The summed E-state index contributed by atoms with van der Waals surface area (Å²) in [4.78, 5) is 10.5. The summed E-state index contributed by atoms with van der Waals surface area (Å²) < 4.78 is 5.27. The lowest BCUT2D eigenvalue weighted by atomic mass is 10.1. The van der Waals surface area contributed by atoms with Crippen molar-refractivity contribution in [2.45, 2.75) is 13.5 Å². The lowest BCUT2D eigenvalue weighted by molar-refractivity contribution is 0.196. The molecule has 2 rings (SSSR count). The summed E-state index contributed by atoms with van der Waals surface area (Å²) in [5.41, 5.74) is 2.50. The monoisotopic (exact) mass is 273 g/mol. The maximum absolute atomic E-state index is 8.75. The Balaban J connectivity index is 2.09. The van der Waals surface area contributed by atoms with Gasteiger partial charge >= 0.3 is 0 Å². The zero-order valence-electron chi connectivity index (χ0n) is 11.8. The molecule has 1 N–H and O–H groups in total. The number of benzene rings is 1. The highest BCUT2D eigenvalue weighted by Crippen LogP contribution is 2.16. The predicted octanol–water partition coefficient (Wildman–Crippen LogP) is 1.79. The van der Waals surface area contributed by atoms with Crippen LogP contribution < -0.4 is 9.64 Å². The third-order valence-corrected chi connectivity index (χ3v) is 3.00. The number of aliphatic hydroxyl groups excluding tert-OH is 1. The number of hydrogen-bond donors (Lipinski definition) is 1. The molecule has 0 aliphatic carbocycles. The van der Waals surface area contributed by atoms with Crippen molar-refractivity contribution in [1.29, 1.82) is 0 Å². The Kier molecular flexibility index (Phi) is 4.90. The molecule has 1 heterocycles. The average Bonchev–Trinajstić information content (AvgIpc) is 2.48. The Hall–Kier alpha value is -2.14. The van der Waals surface area contributed by atoms with Gasteiger partial charge in [0.05, 0.1) is 19.0 Å². The summed E-state index contributed by atoms with van der Waals surface area (Å²) in [6.07, 6.45) is 3.24. The number of ether oxygens (including phenoxy) is 1. The minimum Gasteiger partial charge on any atom is -0.474 e. The van der Waals surface area contributed by atoms with E-state index in [0.29, 0.717) is 5.88 Å². The van der Waals surface area contributed by atoms with Crippen LogP contribution in [0.2, 0.25) is 0 Å². The van der Waals surface area contributed by atoms with Gasteiger partial charge in [0.25, 0.3) is 0 Å². The molecule has 0 saturated carbocycles. The van der Waals surface area contributed by atoms with Gasteiger partial charge in [-0.05, 0) is 18.1 Å². The third-order valence-electron chi connectivity index (χ3n) is 3.00. The first-order chi connectivity index (χ1) is 9.70. The molecule has 0 saturated heterocycles. The van der Waals surface area contributed by atoms with Gasteiger partial charge in [0.1, 0.15) is 6.61 Å². The first-order valence-corrected chi connectivity index (χ1v) is 6.52. The zero-order valence-corrected chi connectivity index (χ0v) is 11.8. The van der Waals surface area contributed by atoms with Crippen LogP contribution in [-0.4, -0.2) is 35.3 Å². The van der Waals surface area contributed by atoms with Crippen LogP contribution in [0.1, 0.15) is 11.1 Å². The standard InChI is InChI=1S/C15H19N3O2/c1-12-5-3-4-6-13(12)11-18(2)14-9-16-10-15(17-14)20-8-7-19/h3-6,9-10,19H,7-8,11H2,1-2H3. The van der Waals surface area contributed by atoms with Crippen molar-refractivity contribution >= 4 is 5.82 Å². The van der Waals surface area contributed by atoms with E-state index < -0.39 is 0 Å². The number of hydrogen-bond acceptors (Lipinski definition) is 5. The second-order valence-electron chi connectivity index (χ2n) is 4.57. The normalized spacial score (nSPS) is 10.3. The van der Waals surface area contributed by atoms with Crippen molar-refractivity contribution in [2.75, 3.05) is 25.2 Å². The molecule has 2 aromatic rings. The molecule has 0 unspecified atom stereocenters. The Morgan fingerprint density at radius 3 is 2.80 bits per heavy atom. The number of anilines is 1. The summed E-state index contributed by atoms with van der Waals surface area (Å²) in [5, 5.41) is 8.75. The molecule has 5 nitrogen and oxygen atoms in total. The number of nitrogens with zero attached hydrogens (tertiary/aromatic N) is 3. The first kappa shape index (κ1) is 14.3. The quantitative estimate of drug-likeness (QED) is 0.869. The highest BCUT2D eigenvalue weighted by molar-refractivity contribution is 5.39.